The third kappa shape index (κ3) is 2.18. The standard InChI is InChI=1S/C10H9BrO2/c1-2-4-7-5-3-6-8(9(7)11)10(12)13/h2-6H,1H3,(H,12,13). The Labute approximate surface area is 85.0 Å². The monoisotopic (exact) mass is 240 g/mol. The van der Waals surface area contributed by atoms with Crippen LogP contribution in [0.2, 0.25) is 0 Å². The molecule has 1 aromatic rings. The highest BCUT2D eigenvalue weighted by molar-refractivity contribution is 9.10. The lowest BCUT2D eigenvalue weighted by Gasteiger charge is -2.01. The van der Waals surface area contributed by atoms with Crippen LogP contribution in [0.15, 0.2) is 28.7 Å². The molecule has 0 spiro atoms. The fourth-order valence-electron chi connectivity index (χ4n) is 1.02. The second-order valence-electron chi connectivity index (χ2n) is 2.51. The summed E-state index contributed by atoms with van der Waals surface area (Å²) in [6.07, 6.45) is 3.72. The van der Waals surface area contributed by atoms with Crippen LogP contribution in [-0.4, -0.2) is 11.1 Å². The Morgan fingerprint density at radius 2 is 2.23 bits per heavy atom. The van der Waals surface area contributed by atoms with Gasteiger partial charge in [-0.3, -0.25) is 0 Å². The van der Waals surface area contributed by atoms with E-state index < -0.39 is 5.97 Å². The summed E-state index contributed by atoms with van der Waals surface area (Å²) in [5.41, 5.74) is 1.16. The summed E-state index contributed by atoms with van der Waals surface area (Å²) in [7, 11) is 0. The molecular weight excluding hydrogens is 232 g/mol. The molecule has 0 amide bonds. The zero-order valence-electron chi connectivity index (χ0n) is 7.12. The number of carboxylic acids is 1. The number of hydrogen-bond donors (Lipinski definition) is 1. The highest BCUT2D eigenvalue weighted by Gasteiger charge is 2.09. The molecule has 0 aliphatic heterocycles. The molecule has 0 radical (unpaired) electrons. The minimum Gasteiger partial charge on any atom is -0.478 e. The van der Waals surface area contributed by atoms with Crippen molar-refractivity contribution < 1.29 is 9.90 Å². The fraction of sp³-hybridized carbons (Fsp3) is 0.100. The first-order chi connectivity index (χ1) is 6.16. The van der Waals surface area contributed by atoms with E-state index in [0.29, 0.717) is 4.47 Å². The van der Waals surface area contributed by atoms with Crippen molar-refractivity contribution >= 4 is 28.0 Å². The molecular formula is C10H9BrO2. The van der Waals surface area contributed by atoms with Crippen molar-refractivity contribution in [3.05, 3.63) is 39.9 Å². The highest BCUT2D eigenvalue weighted by atomic mass is 79.9. The van der Waals surface area contributed by atoms with Crippen molar-refractivity contribution in [2.75, 3.05) is 0 Å². The minimum absolute atomic E-state index is 0.288. The minimum atomic E-state index is -0.918. The van der Waals surface area contributed by atoms with Gasteiger partial charge in [0.1, 0.15) is 0 Å². The van der Waals surface area contributed by atoms with Crippen LogP contribution in [0.3, 0.4) is 0 Å². The van der Waals surface area contributed by atoms with E-state index in [-0.39, 0.29) is 5.56 Å². The number of benzene rings is 1. The first kappa shape index (κ1) is 9.99. The van der Waals surface area contributed by atoms with E-state index in [1.807, 2.05) is 25.1 Å². The maximum atomic E-state index is 10.7. The van der Waals surface area contributed by atoms with Crippen LogP contribution in [0.4, 0.5) is 0 Å². The molecule has 0 fully saturated rings. The number of carbonyl (C=O) groups is 1. The number of allylic oxidation sites excluding steroid dienone is 1. The maximum Gasteiger partial charge on any atom is 0.336 e. The first-order valence-corrected chi connectivity index (χ1v) is 4.60. The van der Waals surface area contributed by atoms with E-state index in [1.165, 1.54) is 0 Å². The van der Waals surface area contributed by atoms with Gasteiger partial charge >= 0.3 is 5.97 Å². The lowest BCUT2D eigenvalue weighted by molar-refractivity contribution is 0.0696. The molecule has 2 nitrogen and oxygen atoms in total. The van der Waals surface area contributed by atoms with Gasteiger partial charge in [0.15, 0.2) is 0 Å². The molecule has 68 valence electrons. The van der Waals surface area contributed by atoms with Crippen LogP contribution in [0.25, 0.3) is 6.08 Å². The molecule has 3 heteroatoms. The van der Waals surface area contributed by atoms with Crippen molar-refractivity contribution in [1.82, 2.24) is 0 Å². The number of halogens is 1. The Kier molecular flexibility index (Phi) is 3.25. The topological polar surface area (TPSA) is 37.3 Å². The number of rotatable bonds is 2. The van der Waals surface area contributed by atoms with Gasteiger partial charge in [-0.25, -0.2) is 4.79 Å². The van der Waals surface area contributed by atoms with Crippen LogP contribution in [0.5, 0.6) is 0 Å². The van der Waals surface area contributed by atoms with Crippen LogP contribution in [0, 0.1) is 0 Å². The second-order valence-corrected chi connectivity index (χ2v) is 3.31. The molecule has 0 heterocycles. The van der Waals surface area contributed by atoms with Crippen LogP contribution in [-0.2, 0) is 0 Å². The zero-order valence-corrected chi connectivity index (χ0v) is 8.71. The van der Waals surface area contributed by atoms with Gasteiger partial charge in [0.05, 0.1) is 5.56 Å². The third-order valence-corrected chi connectivity index (χ3v) is 2.49. The summed E-state index contributed by atoms with van der Waals surface area (Å²) < 4.78 is 0.626. The quantitative estimate of drug-likeness (QED) is 0.863. The zero-order chi connectivity index (χ0) is 9.84. The lowest BCUT2D eigenvalue weighted by Crippen LogP contribution is -1.98. The smallest absolute Gasteiger partial charge is 0.336 e. The Morgan fingerprint density at radius 1 is 1.54 bits per heavy atom. The van der Waals surface area contributed by atoms with E-state index in [9.17, 15) is 4.79 Å². The van der Waals surface area contributed by atoms with Gasteiger partial charge in [0.2, 0.25) is 0 Å². The van der Waals surface area contributed by atoms with E-state index in [1.54, 1.807) is 12.1 Å². The predicted molar refractivity (Wildman–Crippen MR) is 55.8 cm³/mol. The fourth-order valence-corrected chi connectivity index (χ4v) is 1.59. The normalized spacial score (nSPS) is 10.6. The predicted octanol–water partition coefficient (Wildman–Crippen LogP) is 3.18. The van der Waals surface area contributed by atoms with Gasteiger partial charge in [-0.2, -0.15) is 0 Å². The Hall–Kier alpha value is -1.09. The average Bonchev–Trinajstić information content (AvgIpc) is 2.08. The largest absolute Gasteiger partial charge is 0.478 e. The van der Waals surface area contributed by atoms with E-state index in [0.717, 1.165) is 5.56 Å². The summed E-state index contributed by atoms with van der Waals surface area (Å²) >= 11 is 3.25. The molecule has 0 saturated heterocycles. The Bertz CT molecular complexity index is 356. The lowest BCUT2D eigenvalue weighted by atomic mass is 10.1. The van der Waals surface area contributed by atoms with E-state index in [2.05, 4.69) is 15.9 Å². The molecule has 0 aliphatic rings. The van der Waals surface area contributed by atoms with Gasteiger partial charge in [0.25, 0.3) is 0 Å². The van der Waals surface area contributed by atoms with Crippen LogP contribution >= 0.6 is 15.9 Å². The van der Waals surface area contributed by atoms with Gasteiger partial charge in [-0.05, 0) is 34.5 Å². The van der Waals surface area contributed by atoms with Crippen molar-refractivity contribution in [3.8, 4) is 0 Å². The number of hydrogen-bond acceptors (Lipinski definition) is 1. The van der Waals surface area contributed by atoms with Crippen LogP contribution < -0.4 is 0 Å². The van der Waals surface area contributed by atoms with E-state index >= 15 is 0 Å². The Morgan fingerprint density at radius 3 is 2.77 bits per heavy atom. The molecule has 0 atom stereocenters. The summed E-state index contributed by atoms with van der Waals surface area (Å²) in [5.74, 6) is -0.918. The van der Waals surface area contributed by atoms with Gasteiger partial charge in [-0.1, -0.05) is 24.3 Å². The SMILES string of the molecule is CC=Cc1cccc(C(=O)O)c1Br. The average molecular weight is 241 g/mol. The Balaban J connectivity index is 3.26. The summed E-state index contributed by atoms with van der Waals surface area (Å²) in [5, 5.41) is 8.80. The van der Waals surface area contributed by atoms with Crippen molar-refractivity contribution in [2.45, 2.75) is 6.92 Å². The number of aromatic carboxylic acids is 1. The van der Waals surface area contributed by atoms with Crippen molar-refractivity contribution in [1.29, 1.82) is 0 Å². The van der Waals surface area contributed by atoms with Gasteiger partial charge in [-0.15, -0.1) is 0 Å². The summed E-state index contributed by atoms with van der Waals surface area (Å²) in [6, 6.07) is 5.15. The number of carboxylic acid groups (broad SMARTS) is 1. The summed E-state index contributed by atoms with van der Waals surface area (Å²) in [6.45, 7) is 1.89. The molecule has 13 heavy (non-hydrogen) atoms. The van der Waals surface area contributed by atoms with Crippen molar-refractivity contribution in [3.63, 3.8) is 0 Å². The molecule has 0 unspecified atom stereocenters. The molecule has 1 aromatic carbocycles. The van der Waals surface area contributed by atoms with Gasteiger partial charge in [0, 0.05) is 4.47 Å². The summed E-state index contributed by atoms with van der Waals surface area (Å²) in [4.78, 5) is 10.7. The third-order valence-electron chi connectivity index (χ3n) is 1.61. The van der Waals surface area contributed by atoms with E-state index in [4.69, 9.17) is 5.11 Å². The molecule has 0 aliphatic carbocycles. The molecule has 0 bridgehead atoms. The maximum absolute atomic E-state index is 10.7. The van der Waals surface area contributed by atoms with Crippen LogP contribution in [0.1, 0.15) is 22.8 Å². The molecule has 1 N–H and O–H groups in total. The molecule has 0 aromatic heterocycles. The second kappa shape index (κ2) is 4.23. The highest BCUT2D eigenvalue weighted by Crippen LogP contribution is 2.22. The molecule has 1 rings (SSSR count). The molecule has 0 saturated carbocycles. The van der Waals surface area contributed by atoms with Crippen molar-refractivity contribution in [2.24, 2.45) is 0 Å². The van der Waals surface area contributed by atoms with Gasteiger partial charge < -0.3 is 5.11 Å². The first-order valence-electron chi connectivity index (χ1n) is 3.81.